The third kappa shape index (κ3) is 3.16. The zero-order valence-electron chi connectivity index (χ0n) is 14.2. The number of hydrogen-bond donors (Lipinski definition) is 1. The van der Waals surface area contributed by atoms with Gasteiger partial charge in [-0.25, -0.2) is 0 Å². The smallest absolute Gasteiger partial charge is 0.227 e. The van der Waals surface area contributed by atoms with Gasteiger partial charge in [0.25, 0.3) is 0 Å². The van der Waals surface area contributed by atoms with Crippen molar-refractivity contribution in [2.75, 3.05) is 18.8 Å². The molecule has 0 aliphatic carbocycles. The van der Waals surface area contributed by atoms with Crippen molar-refractivity contribution in [3.63, 3.8) is 0 Å². The first-order valence-electron chi connectivity index (χ1n) is 8.31. The van der Waals surface area contributed by atoms with Crippen molar-refractivity contribution in [1.82, 2.24) is 9.88 Å². The number of nitrogens with zero attached hydrogens (tertiary/aromatic N) is 2. The van der Waals surface area contributed by atoms with E-state index in [9.17, 15) is 4.79 Å². The Kier molecular flexibility index (Phi) is 4.00. The summed E-state index contributed by atoms with van der Waals surface area (Å²) in [6.45, 7) is 7.50. The number of carbonyl (C=O) groups excluding carboxylic acids is 1. The Labute approximate surface area is 137 Å². The van der Waals surface area contributed by atoms with Gasteiger partial charge in [-0.1, -0.05) is 39.0 Å². The molecule has 2 heterocycles. The molecule has 1 saturated heterocycles. The van der Waals surface area contributed by atoms with Gasteiger partial charge < -0.3 is 10.6 Å². The summed E-state index contributed by atoms with van der Waals surface area (Å²) >= 11 is 0. The number of piperidine rings is 1. The molecule has 0 atom stereocenters. The van der Waals surface area contributed by atoms with Gasteiger partial charge in [-0.15, -0.1) is 0 Å². The van der Waals surface area contributed by atoms with E-state index in [1.807, 2.05) is 56.0 Å². The van der Waals surface area contributed by atoms with Gasteiger partial charge in [0, 0.05) is 29.8 Å². The van der Waals surface area contributed by atoms with Crippen LogP contribution in [0.25, 0.3) is 10.9 Å². The Bertz CT molecular complexity index is 725. The van der Waals surface area contributed by atoms with Crippen LogP contribution < -0.4 is 5.73 Å². The van der Waals surface area contributed by atoms with Gasteiger partial charge >= 0.3 is 0 Å². The van der Waals surface area contributed by atoms with E-state index < -0.39 is 0 Å². The maximum absolute atomic E-state index is 12.4. The molecule has 1 aromatic heterocycles. The van der Waals surface area contributed by atoms with Crippen molar-refractivity contribution < 1.29 is 4.79 Å². The molecule has 0 spiro atoms. The molecule has 1 aliphatic rings. The number of amides is 1. The lowest BCUT2D eigenvalue weighted by Crippen LogP contribution is -2.43. The predicted octanol–water partition coefficient (Wildman–Crippen LogP) is 3.57. The summed E-state index contributed by atoms with van der Waals surface area (Å²) in [5.41, 5.74) is 8.68. The predicted molar refractivity (Wildman–Crippen MR) is 94.2 cm³/mol. The highest BCUT2D eigenvalue weighted by atomic mass is 16.2. The SMILES string of the molecule is CC(C)(C)C(=O)N1CCC(c2nc3ccccc3cc2N)CC1. The molecule has 3 rings (SSSR count). The average molecular weight is 311 g/mol. The van der Waals surface area contributed by atoms with Crippen LogP contribution in [0.15, 0.2) is 30.3 Å². The normalized spacial score (nSPS) is 16.7. The highest BCUT2D eigenvalue weighted by molar-refractivity contribution is 5.83. The van der Waals surface area contributed by atoms with E-state index >= 15 is 0 Å². The topological polar surface area (TPSA) is 59.2 Å². The van der Waals surface area contributed by atoms with Crippen molar-refractivity contribution in [2.24, 2.45) is 5.41 Å². The fraction of sp³-hybridized carbons (Fsp3) is 0.474. The van der Waals surface area contributed by atoms with Crippen molar-refractivity contribution in [3.8, 4) is 0 Å². The number of pyridine rings is 1. The van der Waals surface area contributed by atoms with E-state index in [-0.39, 0.29) is 11.3 Å². The van der Waals surface area contributed by atoms with Crippen molar-refractivity contribution in [2.45, 2.75) is 39.5 Å². The number of benzene rings is 1. The second-order valence-corrected chi connectivity index (χ2v) is 7.47. The van der Waals surface area contributed by atoms with Crippen LogP contribution in [0.3, 0.4) is 0 Å². The molecule has 1 fully saturated rings. The van der Waals surface area contributed by atoms with Crippen molar-refractivity contribution in [1.29, 1.82) is 0 Å². The van der Waals surface area contributed by atoms with Gasteiger partial charge in [-0.05, 0) is 25.0 Å². The number of aromatic nitrogens is 1. The summed E-state index contributed by atoms with van der Waals surface area (Å²) in [5.74, 6) is 0.569. The highest BCUT2D eigenvalue weighted by Gasteiger charge is 2.31. The second-order valence-electron chi connectivity index (χ2n) is 7.47. The maximum atomic E-state index is 12.4. The maximum Gasteiger partial charge on any atom is 0.227 e. The van der Waals surface area contributed by atoms with Crippen LogP contribution in [-0.2, 0) is 4.79 Å². The summed E-state index contributed by atoms with van der Waals surface area (Å²) in [6, 6.07) is 10.1. The summed E-state index contributed by atoms with van der Waals surface area (Å²) in [4.78, 5) is 19.2. The number of fused-ring (bicyclic) bond motifs is 1. The van der Waals surface area contributed by atoms with Crippen LogP contribution in [0.4, 0.5) is 5.69 Å². The van der Waals surface area contributed by atoms with E-state index in [1.165, 1.54) is 0 Å². The number of anilines is 1. The van der Waals surface area contributed by atoms with E-state index in [0.717, 1.165) is 48.2 Å². The van der Waals surface area contributed by atoms with Crippen molar-refractivity contribution in [3.05, 3.63) is 36.0 Å². The van der Waals surface area contributed by atoms with Gasteiger partial charge in [-0.3, -0.25) is 9.78 Å². The van der Waals surface area contributed by atoms with Crippen LogP contribution in [0, 0.1) is 5.41 Å². The molecule has 122 valence electrons. The molecule has 2 aromatic rings. The molecule has 1 aromatic carbocycles. The lowest BCUT2D eigenvalue weighted by molar-refractivity contribution is -0.140. The average Bonchev–Trinajstić information content (AvgIpc) is 2.53. The first-order valence-corrected chi connectivity index (χ1v) is 8.31. The molecule has 0 bridgehead atoms. The molecule has 2 N–H and O–H groups in total. The largest absolute Gasteiger partial charge is 0.397 e. The molecule has 1 aliphatic heterocycles. The lowest BCUT2D eigenvalue weighted by Gasteiger charge is -2.35. The fourth-order valence-corrected chi connectivity index (χ4v) is 3.30. The standard InChI is InChI=1S/C19H25N3O/c1-19(2,3)18(23)22-10-8-13(9-11-22)17-15(20)12-14-6-4-5-7-16(14)21-17/h4-7,12-13H,8-11,20H2,1-3H3. The van der Waals surface area contributed by atoms with E-state index in [2.05, 4.69) is 0 Å². The van der Waals surface area contributed by atoms with Crippen molar-refractivity contribution >= 4 is 22.5 Å². The monoisotopic (exact) mass is 311 g/mol. The van der Waals surface area contributed by atoms with E-state index in [1.54, 1.807) is 0 Å². The summed E-state index contributed by atoms with van der Waals surface area (Å²) in [5, 5.41) is 1.08. The molecule has 23 heavy (non-hydrogen) atoms. The Morgan fingerprint density at radius 1 is 1.22 bits per heavy atom. The quantitative estimate of drug-likeness (QED) is 0.876. The molecule has 0 unspecified atom stereocenters. The Morgan fingerprint density at radius 3 is 2.52 bits per heavy atom. The summed E-state index contributed by atoms with van der Waals surface area (Å²) in [6.07, 6.45) is 1.86. The van der Waals surface area contributed by atoms with Crippen LogP contribution in [0.2, 0.25) is 0 Å². The fourth-order valence-electron chi connectivity index (χ4n) is 3.30. The molecule has 4 nitrogen and oxygen atoms in total. The Morgan fingerprint density at radius 2 is 1.87 bits per heavy atom. The Balaban J connectivity index is 1.78. The highest BCUT2D eigenvalue weighted by Crippen LogP contribution is 2.33. The number of para-hydroxylation sites is 1. The third-order valence-corrected chi connectivity index (χ3v) is 4.59. The second kappa shape index (κ2) is 5.84. The van der Waals surface area contributed by atoms with Gasteiger partial charge in [0.15, 0.2) is 0 Å². The summed E-state index contributed by atoms with van der Waals surface area (Å²) in [7, 11) is 0. The van der Waals surface area contributed by atoms with Gasteiger partial charge in [-0.2, -0.15) is 0 Å². The zero-order valence-corrected chi connectivity index (χ0v) is 14.2. The van der Waals surface area contributed by atoms with E-state index in [4.69, 9.17) is 10.7 Å². The van der Waals surface area contributed by atoms with Crippen LogP contribution in [0.1, 0.15) is 45.2 Å². The number of nitrogens with two attached hydrogens (primary N) is 1. The minimum atomic E-state index is -0.312. The number of carbonyl (C=O) groups is 1. The van der Waals surface area contributed by atoms with Gasteiger partial charge in [0.05, 0.1) is 16.9 Å². The van der Waals surface area contributed by atoms with Gasteiger partial charge in [0.2, 0.25) is 5.91 Å². The van der Waals surface area contributed by atoms with Gasteiger partial charge in [0.1, 0.15) is 0 Å². The number of nitrogen functional groups attached to an aromatic ring is 1. The third-order valence-electron chi connectivity index (χ3n) is 4.59. The minimum absolute atomic E-state index is 0.232. The van der Waals surface area contributed by atoms with Crippen LogP contribution >= 0.6 is 0 Å². The first kappa shape index (κ1) is 15.8. The molecular weight excluding hydrogens is 286 g/mol. The summed E-state index contributed by atoms with van der Waals surface area (Å²) < 4.78 is 0. The molecule has 4 heteroatoms. The zero-order chi connectivity index (χ0) is 16.6. The molecule has 0 radical (unpaired) electrons. The number of hydrogen-bond acceptors (Lipinski definition) is 3. The first-order chi connectivity index (χ1) is 10.9. The van der Waals surface area contributed by atoms with Crippen LogP contribution in [0.5, 0.6) is 0 Å². The van der Waals surface area contributed by atoms with E-state index in [0.29, 0.717) is 5.92 Å². The number of rotatable bonds is 1. The minimum Gasteiger partial charge on any atom is -0.397 e. The Hall–Kier alpha value is -2.10. The molecular formula is C19H25N3O. The number of likely N-dealkylation sites (tertiary alicyclic amines) is 1. The molecule has 1 amide bonds. The molecule has 0 saturated carbocycles. The van der Waals surface area contributed by atoms with Crippen LogP contribution in [-0.4, -0.2) is 28.9 Å². The lowest BCUT2D eigenvalue weighted by atomic mass is 9.89.